The topological polar surface area (TPSA) is 46.3 Å². The fraction of sp³-hybridized carbons (Fsp3) is 0.727. The Kier molecular flexibility index (Phi) is 3.97. The fourth-order valence-electron chi connectivity index (χ4n) is 1.95. The van der Waals surface area contributed by atoms with Gasteiger partial charge >= 0.3 is 0 Å². The van der Waals surface area contributed by atoms with Crippen molar-refractivity contribution < 1.29 is 4.79 Å². The number of terminal acetylenes is 1. The van der Waals surface area contributed by atoms with Gasteiger partial charge in [-0.25, -0.2) is 0 Å². The van der Waals surface area contributed by atoms with Gasteiger partial charge in [0.25, 0.3) is 0 Å². The van der Waals surface area contributed by atoms with Gasteiger partial charge in [0.05, 0.1) is 6.04 Å². The van der Waals surface area contributed by atoms with Gasteiger partial charge in [-0.3, -0.25) is 4.79 Å². The summed E-state index contributed by atoms with van der Waals surface area (Å²) in [4.78, 5) is 13.5. The lowest BCUT2D eigenvalue weighted by molar-refractivity contribution is -0.133. The molecule has 0 heterocycles. The Bertz CT molecular complexity index is 238. The van der Waals surface area contributed by atoms with Crippen LogP contribution in [0.4, 0.5) is 0 Å². The molecule has 3 heteroatoms. The van der Waals surface area contributed by atoms with E-state index in [0.29, 0.717) is 12.5 Å². The highest BCUT2D eigenvalue weighted by Crippen LogP contribution is 2.22. The second-order valence-corrected chi connectivity index (χ2v) is 3.90. The molecule has 14 heavy (non-hydrogen) atoms. The number of rotatable bonds is 3. The van der Waals surface area contributed by atoms with Gasteiger partial charge in [0.15, 0.2) is 0 Å². The van der Waals surface area contributed by atoms with Crippen LogP contribution in [0.5, 0.6) is 0 Å². The monoisotopic (exact) mass is 194 g/mol. The van der Waals surface area contributed by atoms with E-state index in [9.17, 15) is 4.79 Å². The van der Waals surface area contributed by atoms with Gasteiger partial charge in [-0.1, -0.05) is 12.8 Å². The lowest BCUT2D eigenvalue weighted by atomic mass is 10.1. The Hall–Kier alpha value is -1.01. The highest BCUT2D eigenvalue weighted by Gasteiger charge is 2.26. The molecule has 0 spiro atoms. The zero-order chi connectivity index (χ0) is 10.6. The summed E-state index contributed by atoms with van der Waals surface area (Å²) in [5.74, 6) is 2.40. The SMILES string of the molecule is C#CCC(N)C(=O)N(C)C1CCCC1. The van der Waals surface area contributed by atoms with Crippen molar-refractivity contribution in [2.75, 3.05) is 7.05 Å². The number of hydrogen-bond acceptors (Lipinski definition) is 2. The second-order valence-electron chi connectivity index (χ2n) is 3.90. The number of nitrogens with two attached hydrogens (primary N) is 1. The zero-order valence-corrected chi connectivity index (χ0v) is 8.70. The van der Waals surface area contributed by atoms with Crippen molar-refractivity contribution in [2.45, 2.75) is 44.2 Å². The van der Waals surface area contributed by atoms with E-state index in [1.54, 1.807) is 4.90 Å². The Morgan fingerprint density at radius 3 is 2.71 bits per heavy atom. The van der Waals surface area contributed by atoms with Crippen molar-refractivity contribution in [3.05, 3.63) is 0 Å². The molecule has 0 saturated heterocycles. The average Bonchev–Trinajstić information content (AvgIpc) is 2.68. The van der Waals surface area contributed by atoms with Gasteiger partial charge in [0, 0.05) is 19.5 Å². The Labute approximate surface area is 85.6 Å². The van der Waals surface area contributed by atoms with Crippen LogP contribution in [0.15, 0.2) is 0 Å². The molecule has 0 aromatic carbocycles. The predicted octanol–water partition coefficient (Wildman–Crippen LogP) is 0.738. The molecule has 1 unspecified atom stereocenters. The van der Waals surface area contributed by atoms with Crippen LogP contribution in [0.1, 0.15) is 32.1 Å². The summed E-state index contributed by atoms with van der Waals surface area (Å²) in [6, 6.07) is -0.142. The first-order valence-electron chi connectivity index (χ1n) is 5.12. The molecule has 1 saturated carbocycles. The molecule has 0 radical (unpaired) electrons. The highest BCUT2D eigenvalue weighted by molar-refractivity contribution is 5.82. The number of nitrogens with zero attached hydrogens (tertiary/aromatic N) is 1. The molecule has 0 aromatic rings. The number of hydrogen-bond donors (Lipinski definition) is 1. The second kappa shape index (κ2) is 5.02. The van der Waals surface area contributed by atoms with Crippen molar-refractivity contribution >= 4 is 5.91 Å². The molecule has 78 valence electrons. The van der Waals surface area contributed by atoms with Gasteiger partial charge in [-0.05, 0) is 12.8 Å². The maximum Gasteiger partial charge on any atom is 0.240 e. The van der Waals surface area contributed by atoms with Crippen molar-refractivity contribution in [3.8, 4) is 12.3 Å². The quantitative estimate of drug-likeness (QED) is 0.673. The molecule has 1 atom stereocenters. The lowest BCUT2D eigenvalue weighted by Crippen LogP contribution is -2.45. The number of carbonyl (C=O) groups is 1. The summed E-state index contributed by atoms with van der Waals surface area (Å²) < 4.78 is 0. The number of likely N-dealkylation sites (N-methyl/N-ethyl adjacent to an activating group) is 1. The highest BCUT2D eigenvalue weighted by atomic mass is 16.2. The van der Waals surface area contributed by atoms with Crippen LogP contribution in [-0.4, -0.2) is 29.9 Å². The van der Waals surface area contributed by atoms with E-state index in [1.807, 2.05) is 7.05 Å². The molecule has 1 aliphatic rings. The summed E-state index contributed by atoms with van der Waals surface area (Å²) in [5.41, 5.74) is 5.66. The minimum atomic E-state index is -0.523. The average molecular weight is 194 g/mol. The Balaban J connectivity index is 2.47. The Morgan fingerprint density at radius 2 is 2.21 bits per heavy atom. The summed E-state index contributed by atoms with van der Waals surface area (Å²) in [6.07, 6.45) is 10.1. The maximum atomic E-state index is 11.7. The smallest absolute Gasteiger partial charge is 0.240 e. The van der Waals surface area contributed by atoms with Gasteiger partial charge in [0.1, 0.15) is 0 Å². The van der Waals surface area contributed by atoms with Crippen molar-refractivity contribution in [1.82, 2.24) is 4.90 Å². The van der Waals surface area contributed by atoms with Crippen molar-refractivity contribution in [2.24, 2.45) is 5.73 Å². The van der Waals surface area contributed by atoms with Crippen LogP contribution in [0, 0.1) is 12.3 Å². The van der Waals surface area contributed by atoms with E-state index in [1.165, 1.54) is 12.8 Å². The summed E-state index contributed by atoms with van der Waals surface area (Å²) >= 11 is 0. The molecule has 1 amide bonds. The maximum absolute atomic E-state index is 11.7. The first-order valence-corrected chi connectivity index (χ1v) is 5.12. The minimum Gasteiger partial charge on any atom is -0.341 e. The number of carbonyl (C=O) groups excluding carboxylic acids is 1. The van der Waals surface area contributed by atoms with E-state index in [-0.39, 0.29) is 5.91 Å². The first-order chi connectivity index (χ1) is 6.66. The molecule has 0 aliphatic heterocycles. The summed E-state index contributed by atoms with van der Waals surface area (Å²) in [6.45, 7) is 0. The van der Waals surface area contributed by atoms with Crippen LogP contribution in [0.25, 0.3) is 0 Å². The minimum absolute atomic E-state index is 0.0187. The predicted molar refractivity (Wildman–Crippen MR) is 56.5 cm³/mol. The largest absolute Gasteiger partial charge is 0.341 e. The molecule has 2 N–H and O–H groups in total. The van der Waals surface area contributed by atoms with Crippen molar-refractivity contribution in [1.29, 1.82) is 0 Å². The van der Waals surface area contributed by atoms with Crippen LogP contribution < -0.4 is 5.73 Å². The van der Waals surface area contributed by atoms with E-state index in [0.717, 1.165) is 12.8 Å². The molecular weight excluding hydrogens is 176 g/mol. The normalized spacial score (nSPS) is 18.9. The van der Waals surface area contributed by atoms with Gasteiger partial charge in [0.2, 0.25) is 5.91 Å². The van der Waals surface area contributed by atoms with Crippen LogP contribution in [-0.2, 0) is 4.79 Å². The molecule has 3 nitrogen and oxygen atoms in total. The molecule has 1 aliphatic carbocycles. The standard InChI is InChI=1S/C11H18N2O/c1-3-6-10(12)11(14)13(2)9-7-4-5-8-9/h1,9-10H,4-8,12H2,2H3. The first kappa shape index (κ1) is 11.1. The van der Waals surface area contributed by atoms with Crippen LogP contribution in [0.3, 0.4) is 0 Å². The lowest BCUT2D eigenvalue weighted by Gasteiger charge is -2.26. The van der Waals surface area contributed by atoms with E-state index in [2.05, 4.69) is 5.92 Å². The molecule has 1 fully saturated rings. The Morgan fingerprint density at radius 1 is 1.64 bits per heavy atom. The fourth-order valence-corrected chi connectivity index (χ4v) is 1.95. The molecule has 0 aromatic heterocycles. The van der Waals surface area contributed by atoms with Crippen LogP contribution in [0.2, 0.25) is 0 Å². The summed E-state index contributed by atoms with van der Waals surface area (Å²) in [7, 11) is 1.83. The number of amides is 1. The summed E-state index contributed by atoms with van der Waals surface area (Å²) in [5, 5.41) is 0. The van der Waals surface area contributed by atoms with Crippen LogP contribution >= 0.6 is 0 Å². The molecule has 1 rings (SSSR count). The zero-order valence-electron chi connectivity index (χ0n) is 8.70. The third-order valence-corrected chi connectivity index (χ3v) is 2.88. The molecule has 0 bridgehead atoms. The van der Waals surface area contributed by atoms with E-state index >= 15 is 0 Å². The van der Waals surface area contributed by atoms with Crippen molar-refractivity contribution in [3.63, 3.8) is 0 Å². The van der Waals surface area contributed by atoms with E-state index in [4.69, 9.17) is 12.2 Å². The third kappa shape index (κ3) is 2.49. The van der Waals surface area contributed by atoms with Gasteiger partial charge in [-0.15, -0.1) is 12.3 Å². The van der Waals surface area contributed by atoms with Gasteiger partial charge < -0.3 is 10.6 Å². The van der Waals surface area contributed by atoms with E-state index < -0.39 is 6.04 Å². The molecular formula is C11H18N2O. The van der Waals surface area contributed by atoms with Gasteiger partial charge in [-0.2, -0.15) is 0 Å². The third-order valence-electron chi connectivity index (χ3n) is 2.88.